The van der Waals surface area contributed by atoms with E-state index in [1.54, 1.807) is 0 Å². The first kappa shape index (κ1) is 73.6. The molecule has 0 aromatic heterocycles. The van der Waals surface area contributed by atoms with Crippen molar-refractivity contribution in [1.29, 1.82) is 0 Å². The minimum absolute atomic E-state index is 0. The first-order valence-corrected chi connectivity index (χ1v) is 0. The molecule has 0 fully saturated rings. The van der Waals surface area contributed by atoms with E-state index >= 15 is 0 Å². The van der Waals surface area contributed by atoms with Crippen LogP contribution in [0.2, 0.25) is 0 Å². The van der Waals surface area contributed by atoms with Crippen molar-refractivity contribution in [2.75, 3.05) is 0 Å². The molecule has 4 radical (unpaired) electrons. The molecule has 0 atom stereocenters. The van der Waals surface area contributed by atoms with Gasteiger partial charge in [-0.15, -0.1) is 0 Å². The molecule has 2 nitrogen and oxygen atoms in total. The van der Waals surface area contributed by atoms with E-state index in [1.807, 2.05) is 0 Å². The van der Waals surface area contributed by atoms with Gasteiger partial charge in [-0.1, -0.05) is 0 Å². The number of hydrogen-bond donors (Lipinski definition) is 0. The van der Waals surface area contributed by atoms with Gasteiger partial charge in [0.05, 0.1) is 0 Å². The second kappa shape index (κ2) is 42.7. The third-order valence-corrected chi connectivity index (χ3v) is 0. The molecule has 0 saturated heterocycles. The second-order valence-electron chi connectivity index (χ2n) is 0. The minimum Gasteiger partial charge on any atom is -2.00 e. The second-order valence-corrected chi connectivity index (χ2v) is 0. The van der Waals surface area contributed by atoms with Gasteiger partial charge in [0.25, 0.3) is 0 Å². The van der Waals surface area contributed by atoms with E-state index in [9.17, 15) is 0 Å². The van der Waals surface area contributed by atoms with Crippen LogP contribution >= 0.6 is 0 Å². The molecule has 0 bridgehead atoms. The summed E-state index contributed by atoms with van der Waals surface area (Å²) in [5.74, 6) is 0. The van der Waals surface area contributed by atoms with Crippen molar-refractivity contribution in [3.8, 4) is 0 Å². The van der Waals surface area contributed by atoms with Crippen LogP contribution in [0.3, 0.4) is 0 Å². The molecule has 0 aliphatic carbocycles. The van der Waals surface area contributed by atoms with Gasteiger partial charge in [-0.05, 0) is 0 Å². The van der Waals surface area contributed by atoms with Gasteiger partial charge in [0, 0.05) is 32.7 Å². The fourth-order valence-corrected chi connectivity index (χ4v) is 0. The Bertz CT molecular complexity index is 9.61. The number of hydrogen-bond acceptors (Lipinski definition) is 0. The van der Waals surface area contributed by atoms with Crippen LogP contribution in [0.5, 0.6) is 0 Å². The van der Waals surface area contributed by atoms with Crippen LogP contribution in [0.25, 0.3) is 0 Å². The molecule has 0 aromatic carbocycles. The zero-order valence-corrected chi connectivity index (χ0v) is 7.34. The van der Waals surface area contributed by atoms with E-state index in [0.29, 0.717) is 0 Å². The van der Waals surface area contributed by atoms with E-state index in [-0.39, 0.29) is 69.8 Å². The maximum Gasteiger partial charge on any atom is 4.00 e. The van der Waals surface area contributed by atoms with Crippen molar-refractivity contribution in [3.05, 3.63) is 0 Å². The first-order valence-electron chi connectivity index (χ1n) is 0. The van der Waals surface area contributed by atoms with Gasteiger partial charge in [-0.3, -0.25) is 0 Å². The van der Waals surface area contributed by atoms with Crippen molar-refractivity contribution >= 4 is 11.0 Å². The summed E-state index contributed by atoms with van der Waals surface area (Å²) in [6, 6.07) is 0. The van der Waals surface area contributed by atoms with E-state index in [0.717, 1.165) is 0 Å². The summed E-state index contributed by atoms with van der Waals surface area (Å²) in [7, 11) is 0. The molecule has 0 saturated carbocycles. The zero-order valence-electron chi connectivity index (χ0n) is 2.32. The third-order valence-electron chi connectivity index (χ3n) is 0. The molecule has 0 aliphatic rings. The van der Waals surface area contributed by atoms with Crippen molar-refractivity contribution < 1.29 is 58.9 Å². The molecular weight excluding hydrogens is 199 g/mol. The maximum atomic E-state index is 0. The molecule has 5 heavy (non-hydrogen) atoms. The van der Waals surface area contributed by atoms with Crippen molar-refractivity contribution in [3.63, 3.8) is 0 Å². The molecule has 0 rings (SSSR count). The van der Waals surface area contributed by atoms with Crippen LogP contribution in [-0.2, 0) is 58.9 Å². The molecule has 0 aliphatic heterocycles. The fourth-order valence-electron chi connectivity index (χ4n) is 0. The third kappa shape index (κ3) is 26.6. The van der Waals surface area contributed by atoms with E-state index in [1.165, 1.54) is 0 Å². The van der Waals surface area contributed by atoms with Crippen LogP contribution in [0.1, 0.15) is 0 Å². The Morgan fingerprint density at radius 2 is 0.800 bits per heavy atom. The van der Waals surface area contributed by atoms with Gasteiger partial charge in [0.1, 0.15) is 0 Å². The maximum absolute atomic E-state index is 0. The van der Waals surface area contributed by atoms with Gasteiger partial charge in [-0.2, -0.15) is 0 Å². The van der Waals surface area contributed by atoms with Crippen LogP contribution < -0.4 is 0 Å². The van der Waals surface area contributed by atoms with Gasteiger partial charge in [0.2, 0.25) is 0 Å². The first-order chi connectivity index (χ1) is 0. The minimum atomic E-state index is 0. The molecule has 0 N–H and O–H groups in total. The Morgan fingerprint density at radius 1 is 0.800 bits per heavy atom. The van der Waals surface area contributed by atoms with Crippen LogP contribution in [0, 0.1) is 0 Å². The Labute approximate surface area is 69.4 Å². The summed E-state index contributed by atoms with van der Waals surface area (Å²) in [6.45, 7) is 0. The van der Waals surface area contributed by atoms with Crippen molar-refractivity contribution in [2.45, 2.75) is 0 Å². The monoisotopic (exact) mass is 198 g/mol. The van der Waals surface area contributed by atoms with Gasteiger partial charge >= 0.3 is 26.2 Å². The Hall–Kier alpha value is 1.73. The zero-order chi connectivity index (χ0) is 0. The standard InChI is InChI=1S/2O.Si.Ti.Zr/q2*-2;;;+4. The molecule has 0 amide bonds. The topological polar surface area (TPSA) is 57.0 Å². The molecule has 0 heterocycles. The van der Waals surface area contributed by atoms with Gasteiger partial charge in [0.15, 0.2) is 0 Å². The normalized spacial score (nSPS) is 0. The molecule has 0 spiro atoms. The average Bonchev–Trinajstić information content (AvgIpc) is 0. The summed E-state index contributed by atoms with van der Waals surface area (Å²) in [6.07, 6.45) is 0. The summed E-state index contributed by atoms with van der Waals surface area (Å²) in [4.78, 5) is 0. The van der Waals surface area contributed by atoms with Gasteiger partial charge < -0.3 is 11.0 Å². The SMILES string of the molecule is [O-2].[O-2].[Si].[Ti].[Zr+4]. The molecule has 0 unspecified atom stereocenters. The molecule has 5 heteroatoms. The molecule has 24 valence electrons. The van der Waals surface area contributed by atoms with Crippen LogP contribution in [-0.4, -0.2) is 11.0 Å². The van der Waals surface area contributed by atoms with Crippen molar-refractivity contribution in [1.82, 2.24) is 0 Å². The summed E-state index contributed by atoms with van der Waals surface area (Å²) in [5, 5.41) is 0. The van der Waals surface area contributed by atoms with E-state index in [4.69, 9.17) is 0 Å². The quantitative estimate of drug-likeness (QED) is 0.467. The predicted molar refractivity (Wildman–Crippen MR) is 7.13 cm³/mol. The van der Waals surface area contributed by atoms with Crippen LogP contribution in [0.15, 0.2) is 0 Å². The number of rotatable bonds is 0. The Kier molecular flexibility index (Phi) is 629. The van der Waals surface area contributed by atoms with Gasteiger partial charge in [-0.25, -0.2) is 0 Å². The van der Waals surface area contributed by atoms with Crippen molar-refractivity contribution in [2.24, 2.45) is 0 Å². The largest absolute Gasteiger partial charge is 4.00 e. The predicted octanol–water partition coefficient (Wildman–Crippen LogP) is -0.623. The summed E-state index contributed by atoms with van der Waals surface area (Å²) >= 11 is 0. The Balaban J connectivity index is 0. The average molecular weight is 199 g/mol. The van der Waals surface area contributed by atoms with E-state index in [2.05, 4.69) is 0 Å². The smallest absolute Gasteiger partial charge is 2.00 e. The molecule has 0 aromatic rings. The summed E-state index contributed by atoms with van der Waals surface area (Å²) < 4.78 is 0. The summed E-state index contributed by atoms with van der Waals surface area (Å²) in [5.41, 5.74) is 0. The Morgan fingerprint density at radius 3 is 0.800 bits per heavy atom. The fraction of sp³-hybridized carbons (Fsp3) is 0. The van der Waals surface area contributed by atoms with Crippen LogP contribution in [0.4, 0.5) is 0 Å². The molecular formula is O2SiTiZr. The van der Waals surface area contributed by atoms with E-state index < -0.39 is 0 Å².